The fourth-order valence-corrected chi connectivity index (χ4v) is 6.18. The van der Waals surface area contributed by atoms with E-state index in [1.165, 1.54) is 16.9 Å². The Morgan fingerprint density at radius 2 is 1.87 bits per heavy atom. The van der Waals surface area contributed by atoms with Gasteiger partial charge in [0.1, 0.15) is 11.8 Å². The molecular formula is C34H31FN8OS. The predicted molar refractivity (Wildman–Crippen MR) is 178 cm³/mol. The lowest BCUT2D eigenvalue weighted by molar-refractivity contribution is 0.262. The third-order valence-electron chi connectivity index (χ3n) is 7.69. The van der Waals surface area contributed by atoms with Crippen molar-refractivity contribution in [3.63, 3.8) is 0 Å². The van der Waals surface area contributed by atoms with Crippen molar-refractivity contribution in [2.24, 2.45) is 0 Å². The highest BCUT2D eigenvalue weighted by Gasteiger charge is 2.21. The van der Waals surface area contributed by atoms with Crippen LogP contribution in [0.15, 0.2) is 103 Å². The van der Waals surface area contributed by atoms with Crippen molar-refractivity contribution >= 4 is 45.3 Å². The molecule has 0 spiro atoms. The number of halogens is 1. The van der Waals surface area contributed by atoms with E-state index in [0.717, 1.165) is 52.8 Å². The maximum Gasteiger partial charge on any atom is 0.324 e. The predicted octanol–water partition coefficient (Wildman–Crippen LogP) is 7.49. The number of rotatable bonds is 9. The summed E-state index contributed by atoms with van der Waals surface area (Å²) in [5, 5.41) is 11.8. The number of likely N-dealkylation sites (tertiary alicyclic amines) is 1. The van der Waals surface area contributed by atoms with Gasteiger partial charge >= 0.3 is 6.03 Å². The maximum absolute atomic E-state index is 13.6. The summed E-state index contributed by atoms with van der Waals surface area (Å²) in [5.41, 5.74) is 6.53. The van der Waals surface area contributed by atoms with Crippen LogP contribution in [-0.4, -0.2) is 56.1 Å². The molecule has 3 N–H and O–H groups in total. The number of amides is 2. The Hall–Kier alpha value is -5.13. The molecule has 6 aromatic rings. The zero-order chi connectivity index (χ0) is 30.6. The quantitative estimate of drug-likeness (QED) is 0.155. The highest BCUT2D eigenvalue weighted by atomic mass is 32.1. The number of nitrogens with zero attached hydrogens (tertiary/aromatic N) is 5. The fourth-order valence-electron chi connectivity index (χ4n) is 5.57. The zero-order valence-corrected chi connectivity index (χ0v) is 25.2. The molecule has 9 nitrogen and oxygen atoms in total. The van der Waals surface area contributed by atoms with Gasteiger partial charge in [-0.1, -0.05) is 30.3 Å². The standard InChI is InChI=1S/C34H31FN8OS/c35-25-14-18-42(22-25)17-13-23-6-3-8-26(20-23)37-33-36-15-12-28(39-33)32-31(40-29-10-1-2-16-43(29)32)24-7-4-9-27(21-24)38-34(44)41-30-11-5-19-45-30/h1-12,15-16,19-21,25H,13-14,17-18,22H2,(H,36,37,39)(H2,38,41,44)/t25-/m0/s1. The fraction of sp³-hybridized carbons (Fsp3) is 0.176. The van der Waals surface area contributed by atoms with Gasteiger partial charge in [0.25, 0.3) is 0 Å². The third-order valence-corrected chi connectivity index (χ3v) is 8.48. The first-order valence-corrected chi connectivity index (χ1v) is 15.7. The first kappa shape index (κ1) is 28.6. The van der Waals surface area contributed by atoms with Gasteiger partial charge in [0.15, 0.2) is 0 Å². The van der Waals surface area contributed by atoms with Crippen LogP contribution in [0.25, 0.3) is 28.3 Å². The summed E-state index contributed by atoms with van der Waals surface area (Å²) in [7, 11) is 0. The molecule has 0 aliphatic carbocycles. The van der Waals surface area contributed by atoms with Crippen LogP contribution in [0.3, 0.4) is 0 Å². The lowest BCUT2D eigenvalue weighted by Crippen LogP contribution is -2.23. The monoisotopic (exact) mass is 618 g/mol. The molecule has 2 amide bonds. The lowest BCUT2D eigenvalue weighted by Gasteiger charge is -2.15. The number of imidazole rings is 1. The number of aromatic nitrogens is 4. The van der Waals surface area contributed by atoms with Gasteiger partial charge in [-0.05, 0) is 78.4 Å². The second-order valence-corrected chi connectivity index (χ2v) is 11.9. The van der Waals surface area contributed by atoms with Gasteiger partial charge in [-0.3, -0.25) is 9.72 Å². The largest absolute Gasteiger partial charge is 0.324 e. The van der Waals surface area contributed by atoms with Crippen molar-refractivity contribution in [2.75, 3.05) is 35.6 Å². The maximum atomic E-state index is 13.6. The van der Waals surface area contributed by atoms with Crippen molar-refractivity contribution in [1.29, 1.82) is 0 Å². The number of nitrogens with one attached hydrogen (secondary N) is 3. The minimum atomic E-state index is -0.709. The summed E-state index contributed by atoms with van der Waals surface area (Å²) < 4.78 is 15.6. The highest BCUT2D eigenvalue weighted by Crippen LogP contribution is 2.33. The molecule has 226 valence electrons. The van der Waals surface area contributed by atoms with E-state index in [2.05, 4.69) is 38.0 Å². The van der Waals surface area contributed by atoms with E-state index in [0.29, 0.717) is 30.3 Å². The van der Waals surface area contributed by atoms with E-state index in [4.69, 9.17) is 9.97 Å². The molecule has 1 atom stereocenters. The normalized spacial score (nSPS) is 14.9. The first-order chi connectivity index (χ1) is 22.1. The number of carbonyl (C=O) groups excluding carboxylic acids is 1. The molecule has 0 saturated carbocycles. The summed E-state index contributed by atoms with van der Waals surface area (Å²) in [6.45, 7) is 2.18. The van der Waals surface area contributed by atoms with E-state index < -0.39 is 6.17 Å². The number of hydrogen-bond donors (Lipinski definition) is 3. The Labute approximate surface area is 263 Å². The molecule has 45 heavy (non-hydrogen) atoms. The average Bonchev–Trinajstić information content (AvgIpc) is 3.81. The minimum Gasteiger partial charge on any atom is -0.324 e. The number of urea groups is 1. The van der Waals surface area contributed by atoms with Gasteiger partial charge in [-0.15, -0.1) is 11.3 Å². The highest BCUT2D eigenvalue weighted by molar-refractivity contribution is 7.14. The van der Waals surface area contributed by atoms with Crippen molar-refractivity contribution in [2.45, 2.75) is 19.0 Å². The molecular weight excluding hydrogens is 587 g/mol. The van der Waals surface area contributed by atoms with E-state index in [1.54, 1.807) is 6.20 Å². The Morgan fingerprint density at radius 3 is 2.73 bits per heavy atom. The molecule has 0 unspecified atom stereocenters. The van der Waals surface area contributed by atoms with Gasteiger partial charge in [-0.25, -0.2) is 24.1 Å². The van der Waals surface area contributed by atoms with Crippen molar-refractivity contribution < 1.29 is 9.18 Å². The lowest BCUT2D eigenvalue weighted by atomic mass is 10.1. The van der Waals surface area contributed by atoms with E-state index in [1.807, 2.05) is 88.8 Å². The summed E-state index contributed by atoms with van der Waals surface area (Å²) >= 11 is 1.46. The first-order valence-electron chi connectivity index (χ1n) is 14.8. The minimum absolute atomic E-state index is 0.315. The second kappa shape index (κ2) is 12.8. The van der Waals surface area contributed by atoms with Crippen LogP contribution in [0.5, 0.6) is 0 Å². The number of hydrogen-bond acceptors (Lipinski definition) is 7. The summed E-state index contributed by atoms with van der Waals surface area (Å²) in [6.07, 6.45) is 4.45. The number of pyridine rings is 1. The molecule has 1 aliphatic heterocycles. The van der Waals surface area contributed by atoms with Gasteiger partial charge in [0.05, 0.1) is 22.1 Å². The Balaban J connectivity index is 1.14. The summed E-state index contributed by atoms with van der Waals surface area (Å²) in [6, 6.07) is 26.9. The van der Waals surface area contributed by atoms with Crippen LogP contribution in [0.4, 0.5) is 31.5 Å². The molecule has 0 radical (unpaired) electrons. The summed E-state index contributed by atoms with van der Waals surface area (Å²) in [5.74, 6) is 0.460. The van der Waals surface area contributed by atoms with E-state index >= 15 is 0 Å². The molecule has 0 bridgehead atoms. The number of fused-ring (bicyclic) bond motifs is 1. The van der Waals surface area contributed by atoms with Crippen LogP contribution in [0, 0.1) is 0 Å². The molecule has 5 heterocycles. The van der Waals surface area contributed by atoms with Crippen molar-refractivity contribution in [3.05, 3.63) is 108 Å². The summed E-state index contributed by atoms with van der Waals surface area (Å²) in [4.78, 5) is 29.1. The van der Waals surface area contributed by atoms with Crippen LogP contribution >= 0.6 is 11.3 Å². The van der Waals surface area contributed by atoms with Crippen LogP contribution in [0.1, 0.15) is 12.0 Å². The van der Waals surface area contributed by atoms with E-state index in [9.17, 15) is 9.18 Å². The number of thiophene rings is 1. The van der Waals surface area contributed by atoms with Gasteiger partial charge in [0, 0.05) is 49.0 Å². The Bertz CT molecular complexity index is 1940. The second-order valence-electron chi connectivity index (χ2n) is 10.9. The topological polar surface area (TPSA) is 99.5 Å². The van der Waals surface area contributed by atoms with Crippen LogP contribution in [-0.2, 0) is 6.42 Å². The van der Waals surface area contributed by atoms with Gasteiger partial charge < -0.3 is 15.5 Å². The Kier molecular flexibility index (Phi) is 8.17. The zero-order valence-electron chi connectivity index (χ0n) is 24.4. The third kappa shape index (κ3) is 6.69. The average molecular weight is 619 g/mol. The van der Waals surface area contributed by atoms with Crippen molar-refractivity contribution in [3.8, 4) is 22.6 Å². The number of benzene rings is 2. The molecule has 11 heteroatoms. The van der Waals surface area contributed by atoms with Crippen molar-refractivity contribution in [1.82, 2.24) is 24.3 Å². The number of alkyl halides is 1. The van der Waals surface area contributed by atoms with E-state index in [-0.39, 0.29) is 6.03 Å². The molecule has 1 saturated heterocycles. The molecule has 2 aromatic carbocycles. The number of carbonyl (C=O) groups is 1. The van der Waals surface area contributed by atoms with Crippen LogP contribution < -0.4 is 16.0 Å². The molecule has 4 aromatic heterocycles. The molecule has 1 aliphatic rings. The Morgan fingerprint density at radius 1 is 0.956 bits per heavy atom. The van der Waals surface area contributed by atoms with Gasteiger partial charge in [0.2, 0.25) is 5.95 Å². The smallest absolute Gasteiger partial charge is 0.324 e. The SMILES string of the molecule is O=C(Nc1cccc(-c2nc3ccccn3c2-c2ccnc(Nc3cccc(CCN4CC[C@H](F)C4)c3)n2)c1)Nc1cccs1. The molecule has 1 fully saturated rings. The van der Waals surface area contributed by atoms with Gasteiger partial charge in [-0.2, -0.15) is 0 Å². The van der Waals surface area contributed by atoms with Crippen LogP contribution in [0.2, 0.25) is 0 Å². The number of anilines is 4. The molecule has 7 rings (SSSR count).